The first-order chi connectivity index (χ1) is 9.89. The maximum Gasteiger partial charge on any atom is 0.0449 e. The zero-order valence-corrected chi connectivity index (χ0v) is 11.9. The van der Waals surface area contributed by atoms with Crippen molar-refractivity contribution >= 4 is 11.4 Å². The van der Waals surface area contributed by atoms with Gasteiger partial charge in [-0.1, -0.05) is 55.7 Å². The Morgan fingerprint density at radius 2 is 1.45 bits per heavy atom. The van der Waals surface area contributed by atoms with E-state index in [1.165, 1.54) is 43.5 Å². The summed E-state index contributed by atoms with van der Waals surface area (Å²) < 4.78 is 0. The van der Waals surface area contributed by atoms with E-state index >= 15 is 0 Å². The molecule has 0 saturated heterocycles. The highest BCUT2D eigenvalue weighted by Gasteiger charge is 2.43. The van der Waals surface area contributed by atoms with Crippen molar-refractivity contribution in [3.63, 3.8) is 0 Å². The maximum absolute atomic E-state index is 2.53. The van der Waals surface area contributed by atoms with Crippen LogP contribution in [-0.2, 0) is 5.41 Å². The van der Waals surface area contributed by atoms with Gasteiger partial charge < -0.3 is 4.90 Å². The van der Waals surface area contributed by atoms with Crippen LogP contribution >= 0.6 is 0 Å². The topological polar surface area (TPSA) is 3.24 Å². The molecule has 102 valence electrons. The molecule has 0 atom stereocenters. The molecular weight excluding hydrogens is 242 g/mol. The first-order valence-corrected chi connectivity index (χ1v) is 7.81. The van der Waals surface area contributed by atoms with E-state index in [0.29, 0.717) is 5.41 Å². The fourth-order valence-corrected chi connectivity index (χ4v) is 4.12. The average molecular weight is 263 g/mol. The minimum atomic E-state index is 0.407. The molecule has 4 rings (SSSR count). The molecule has 1 nitrogen and oxygen atoms in total. The van der Waals surface area contributed by atoms with Crippen LogP contribution in [0, 0.1) is 0 Å². The van der Waals surface area contributed by atoms with Crippen molar-refractivity contribution in [3.05, 3.63) is 60.2 Å². The van der Waals surface area contributed by atoms with Crippen LogP contribution in [0.5, 0.6) is 0 Å². The Bertz CT molecular complexity index is 596. The van der Waals surface area contributed by atoms with E-state index in [9.17, 15) is 0 Å². The van der Waals surface area contributed by atoms with Crippen LogP contribution in [0.15, 0.2) is 54.6 Å². The summed E-state index contributed by atoms with van der Waals surface area (Å²) in [6.45, 7) is 1.16. The Labute approximate surface area is 121 Å². The van der Waals surface area contributed by atoms with Gasteiger partial charge in [-0.2, -0.15) is 0 Å². The van der Waals surface area contributed by atoms with E-state index in [4.69, 9.17) is 0 Å². The predicted octanol–water partition coefficient (Wildman–Crippen LogP) is 5.04. The summed E-state index contributed by atoms with van der Waals surface area (Å²) in [6, 6.07) is 19.9. The Balaban J connectivity index is 1.81. The summed E-state index contributed by atoms with van der Waals surface area (Å²) in [5.41, 5.74) is 4.76. The van der Waals surface area contributed by atoms with Gasteiger partial charge in [0.1, 0.15) is 0 Å². The summed E-state index contributed by atoms with van der Waals surface area (Å²) in [5, 5.41) is 0. The fourth-order valence-electron chi connectivity index (χ4n) is 4.12. The molecule has 0 aromatic heterocycles. The van der Waals surface area contributed by atoms with Crippen LogP contribution in [-0.4, -0.2) is 6.54 Å². The Morgan fingerprint density at radius 3 is 2.25 bits per heavy atom. The highest BCUT2D eigenvalue weighted by atomic mass is 15.2. The van der Waals surface area contributed by atoms with E-state index in [1.54, 1.807) is 5.56 Å². The molecule has 0 amide bonds. The molecule has 2 aromatic rings. The van der Waals surface area contributed by atoms with Gasteiger partial charge in [-0.3, -0.25) is 0 Å². The first-order valence-electron chi connectivity index (χ1n) is 7.81. The number of hydrogen-bond donors (Lipinski definition) is 0. The average Bonchev–Trinajstić information content (AvgIpc) is 2.84. The lowest BCUT2D eigenvalue weighted by Gasteiger charge is -2.34. The van der Waals surface area contributed by atoms with E-state index in [0.717, 1.165) is 6.54 Å². The van der Waals surface area contributed by atoms with Crippen LogP contribution in [0.4, 0.5) is 11.4 Å². The third kappa shape index (κ3) is 1.76. The lowest BCUT2D eigenvalue weighted by Crippen LogP contribution is -2.33. The normalized spacial score (nSPS) is 20.1. The lowest BCUT2D eigenvalue weighted by molar-refractivity contribution is 0.314. The van der Waals surface area contributed by atoms with Crippen LogP contribution in [0.2, 0.25) is 0 Å². The number of fused-ring (bicyclic) bond motifs is 2. The highest BCUT2D eigenvalue weighted by molar-refractivity contribution is 5.72. The van der Waals surface area contributed by atoms with E-state index < -0.39 is 0 Å². The van der Waals surface area contributed by atoms with Crippen LogP contribution in [0.25, 0.3) is 0 Å². The molecule has 1 heteroatoms. The molecule has 0 unspecified atom stereocenters. The standard InChI is InChI=1S/C19H21N/c1-3-9-16(10-4-1)20-15-19(13-7-2-8-14-19)17-11-5-6-12-18(17)20/h1,3-6,9-12H,2,7-8,13-15H2. The molecule has 0 N–H and O–H groups in total. The molecule has 1 saturated carbocycles. The van der Waals surface area contributed by atoms with Crippen LogP contribution in [0.1, 0.15) is 37.7 Å². The minimum absolute atomic E-state index is 0.407. The Hall–Kier alpha value is -1.76. The largest absolute Gasteiger partial charge is 0.340 e. The highest BCUT2D eigenvalue weighted by Crippen LogP contribution is 2.51. The second kappa shape index (κ2) is 4.66. The summed E-state index contributed by atoms with van der Waals surface area (Å²) >= 11 is 0. The van der Waals surface area contributed by atoms with Crippen molar-refractivity contribution in [1.82, 2.24) is 0 Å². The monoisotopic (exact) mass is 263 g/mol. The van der Waals surface area contributed by atoms with Crippen LogP contribution in [0.3, 0.4) is 0 Å². The third-order valence-corrected chi connectivity index (χ3v) is 5.11. The van der Waals surface area contributed by atoms with Gasteiger partial charge in [-0.05, 0) is 36.6 Å². The number of para-hydroxylation sites is 2. The molecule has 1 aliphatic carbocycles. The van der Waals surface area contributed by atoms with Gasteiger partial charge >= 0.3 is 0 Å². The molecule has 0 radical (unpaired) electrons. The van der Waals surface area contributed by atoms with Crippen molar-refractivity contribution in [1.29, 1.82) is 0 Å². The molecule has 1 spiro atoms. The van der Waals surface area contributed by atoms with Gasteiger partial charge in [0.25, 0.3) is 0 Å². The van der Waals surface area contributed by atoms with E-state index in [-0.39, 0.29) is 0 Å². The zero-order valence-electron chi connectivity index (χ0n) is 11.9. The molecule has 0 bridgehead atoms. The molecule has 20 heavy (non-hydrogen) atoms. The fraction of sp³-hybridized carbons (Fsp3) is 0.368. The number of nitrogens with zero attached hydrogens (tertiary/aromatic N) is 1. The van der Waals surface area contributed by atoms with Crippen LogP contribution < -0.4 is 4.90 Å². The summed E-state index contributed by atoms with van der Waals surface area (Å²) in [4.78, 5) is 2.53. The van der Waals surface area contributed by atoms with Gasteiger partial charge in [0.2, 0.25) is 0 Å². The molecule has 1 heterocycles. The summed E-state index contributed by atoms with van der Waals surface area (Å²) in [6.07, 6.45) is 6.89. The second-order valence-electron chi connectivity index (χ2n) is 6.28. The summed E-state index contributed by atoms with van der Waals surface area (Å²) in [7, 11) is 0. The number of rotatable bonds is 1. The van der Waals surface area contributed by atoms with Crippen molar-refractivity contribution in [3.8, 4) is 0 Å². The number of benzene rings is 2. The Kier molecular flexibility index (Phi) is 2.80. The zero-order chi connectivity index (χ0) is 13.4. The molecule has 1 aliphatic heterocycles. The third-order valence-electron chi connectivity index (χ3n) is 5.11. The van der Waals surface area contributed by atoms with Crippen molar-refractivity contribution in [2.45, 2.75) is 37.5 Å². The second-order valence-corrected chi connectivity index (χ2v) is 6.28. The SMILES string of the molecule is c1ccc(N2CC3(CCCCC3)c3ccccc32)cc1. The molecule has 2 aromatic carbocycles. The summed E-state index contributed by atoms with van der Waals surface area (Å²) in [5.74, 6) is 0. The molecule has 2 aliphatic rings. The Morgan fingerprint density at radius 1 is 0.750 bits per heavy atom. The first kappa shape index (κ1) is 12.0. The quantitative estimate of drug-likeness (QED) is 0.696. The van der Waals surface area contributed by atoms with Gasteiger partial charge in [0.15, 0.2) is 0 Å². The molecular formula is C19H21N. The number of anilines is 2. The minimum Gasteiger partial charge on any atom is -0.340 e. The van der Waals surface area contributed by atoms with E-state index in [1.807, 2.05) is 0 Å². The predicted molar refractivity (Wildman–Crippen MR) is 84.7 cm³/mol. The van der Waals surface area contributed by atoms with Gasteiger partial charge in [-0.25, -0.2) is 0 Å². The van der Waals surface area contributed by atoms with E-state index in [2.05, 4.69) is 59.5 Å². The van der Waals surface area contributed by atoms with Crippen molar-refractivity contribution < 1.29 is 0 Å². The maximum atomic E-state index is 2.53. The van der Waals surface area contributed by atoms with Gasteiger partial charge in [0.05, 0.1) is 0 Å². The lowest BCUT2D eigenvalue weighted by atomic mass is 9.71. The smallest absolute Gasteiger partial charge is 0.0449 e. The number of hydrogen-bond acceptors (Lipinski definition) is 1. The van der Waals surface area contributed by atoms with Crippen molar-refractivity contribution in [2.24, 2.45) is 0 Å². The molecule has 1 fully saturated rings. The van der Waals surface area contributed by atoms with Gasteiger partial charge in [-0.15, -0.1) is 0 Å². The van der Waals surface area contributed by atoms with Crippen molar-refractivity contribution in [2.75, 3.05) is 11.4 Å². The van der Waals surface area contributed by atoms with Gasteiger partial charge in [0, 0.05) is 23.3 Å².